The van der Waals surface area contributed by atoms with E-state index in [0.717, 1.165) is 24.0 Å². The second kappa shape index (κ2) is 8.57. The van der Waals surface area contributed by atoms with Gasteiger partial charge >= 0.3 is 6.03 Å². The van der Waals surface area contributed by atoms with Crippen molar-refractivity contribution in [3.8, 4) is 0 Å². The Morgan fingerprint density at radius 3 is 2.50 bits per heavy atom. The number of fused-ring (bicyclic) bond motifs is 1. The molecule has 1 atom stereocenters. The van der Waals surface area contributed by atoms with Crippen LogP contribution in [0.25, 0.3) is 0 Å². The van der Waals surface area contributed by atoms with Crippen LogP contribution in [0.4, 0.5) is 16.2 Å². The number of nitrogens with one attached hydrogen (secondary N) is 2. The number of rotatable bonds is 3. The van der Waals surface area contributed by atoms with Gasteiger partial charge in [-0.3, -0.25) is 9.59 Å². The average molecular weight is 471 g/mol. The molecule has 1 saturated heterocycles. The zero-order valence-corrected chi connectivity index (χ0v) is 18.2. The van der Waals surface area contributed by atoms with E-state index in [2.05, 4.69) is 38.5 Å². The first-order valence-electron chi connectivity index (χ1n) is 9.85. The fourth-order valence-electron chi connectivity index (χ4n) is 3.86. The molecule has 2 aromatic rings. The van der Waals surface area contributed by atoms with E-state index in [1.54, 1.807) is 12.1 Å². The Hall–Kier alpha value is -2.71. The maximum Gasteiger partial charge on any atom is 0.322 e. The Balaban J connectivity index is 1.45. The van der Waals surface area contributed by atoms with Crippen LogP contribution < -0.4 is 10.6 Å². The highest BCUT2D eigenvalue weighted by molar-refractivity contribution is 9.10. The van der Waals surface area contributed by atoms with Crippen LogP contribution in [0.15, 0.2) is 46.9 Å². The lowest BCUT2D eigenvalue weighted by Gasteiger charge is -2.26. The molecule has 3 amide bonds. The average Bonchev–Trinajstić information content (AvgIpc) is 3.12. The van der Waals surface area contributed by atoms with Gasteiger partial charge < -0.3 is 20.4 Å². The predicted molar refractivity (Wildman–Crippen MR) is 118 cm³/mol. The molecule has 2 aliphatic heterocycles. The highest BCUT2D eigenvalue weighted by Crippen LogP contribution is 2.24. The zero-order valence-electron chi connectivity index (χ0n) is 16.7. The van der Waals surface area contributed by atoms with Crippen LogP contribution >= 0.6 is 15.9 Å². The Labute approximate surface area is 183 Å². The van der Waals surface area contributed by atoms with Crippen molar-refractivity contribution in [3.63, 3.8) is 0 Å². The van der Waals surface area contributed by atoms with E-state index in [1.807, 2.05) is 30.3 Å². The van der Waals surface area contributed by atoms with E-state index >= 15 is 0 Å². The minimum Gasteiger partial charge on any atom is -0.324 e. The molecule has 156 valence electrons. The Kier molecular flexibility index (Phi) is 5.87. The smallest absolute Gasteiger partial charge is 0.322 e. The molecule has 2 aromatic carbocycles. The minimum atomic E-state index is -0.824. The third kappa shape index (κ3) is 4.55. The number of carbonyl (C=O) groups is 3. The fourth-order valence-corrected chi connectivity index (χ4v) is 4.13. The molecule has 0 saturated carbocycles. The first-order chi connectivity index (χ1) is 14.4. The standard InChI is InChI=1S/C22H23BrN4O3/c1-26-9-8-14-10-18(5-2-15(14)12-26)24-21(29)20-11-19(28)13-27(20)22(30)25-17-6-3-16(23)4-7-17/h2-7,10,20H,8-9,11-13H2,1H3,(H,24,29)(H,25,30)/t20-/m1/s1. The Morgan fingerprint density at radius 1 is 1.00 bits per heavy atom. The number of nitrogens with zero attached hydrogens (tertiary/aromatic N) is 2. The summed E-state index contributed by atoms with van der Waals surface area (Å²) in [6.07, 6.45) is 0.953. The lowest BCUT2D eigenvalue weighted by molar-refractivity contribution is -0.121. The number of hydrogen-bond donors (Lipinski definition) is 2. The van der Waals surface area contributed by atoms with Gasteiger partial charge in [0.05, 0.1) is 6.54 Å². The molecule has 0 aromatic heterocycles. The molecule has 8 heteroatoms. The van der Waals surface area contributed by atoms with E-state index in [1.165, 1.54) is 16.0 Å². The molecular formula is C22H23BrN4O3. The second-order valence-corrected chi connectivity index (χ2v) is 8.70. The van der Waals surface area contributed by atoms with Crippen LogP contribution in [0.2, 0.25) is 0 Å². The molecule has 2 aliphatic rings. The molecule has 0 spiro atoms. The number of halogens is 1. The van der Waals surface area contributed by atoms with Gasteiger partial charge in [-0.2, -0.15) is 0 Å². The summed E-state index contributed by atoms with van der Waals surface area (Å²) in [4.78, 5) is 41.2. The van der Waals surface area contributed by atoms with Gasteiger partial charge in [-0.25, -0.2) is 4.79 Å². The van der Waals surface area contributed by atoms with E-state index in [4.69, 9.17) is 0 Å². The molecule has 7 nitrogen and oxygen atoms in total. The van der Waals surface area contributed by atoms with Crippen molar-refractivity contribution >= 4 is 45.0 Å². The van der Waals surface area contributed by atoms with E-state index in [0.29, 0.717) is 11.4 Å². The van der Waals surface area contributed by atoms with Gasteiger partial charge in [-0.15, -0.1) is 0 Å². The van der Waals surface area contributed by atoms with Crippen molar-refractivity contribution in [2.24, 2.45) is 0 Å². The number of ketones is 1. The zero-order chi connectivity index (χ0) is 21.3. The maximum absolute atomic E-state index is 12.9. The molecule has 0 radical (unpaired) electrons. The molecule has 4 rings (SSSR count). The monoisotopic (exact) mass is 470 g/mol. The molecule has 2 N–H and O–H groups in total. The SMILES string of the molecule is CN1CCc2cc(NC(=O)[C@H]3CC(=O)CN3C(=O)Nc3ccc(Br)cc3)ccc2C1. The number of amides is 3. The summed E-state index contributed by atoms with van der Waals surface area (Å²) in [7, 11) is 2.09. The van der Waals surface area contributed by atoms with Crippen molar-refractivity contribution in [3.05, 3.63) is 58.1 Å². The van der Waals surface area contributed by atoms with Crippen molar-refractivity contribution in [2.45, 2.75) is 25.4 Å². The van der Waals surface area contributed by atoms with E-state index < -0.39 is 12.1 Å². The number of Topliss-reactive ketones (excluding diaryl/α,β-unsaturated/α-hetero) is 1. The third-order valence-electron chi connectivity index (χ3n) is 5.48. The van der Waals surface area contributed by atoms with Gasteiger partial charge in [0.1, 0.15) is 6.04 Å². The molecule has 0 aliphatic carbocycles. The maximum atomic E-state index is 12.9. The summed E-state index contributed by atoms with van der Waals surface area (Å²) in [5, 5.41) is 5.64. The van der Waals surface area contributed by atoms with Crippen LogP contribution in [0, 0.1) is 0 Å². The van der Waals surface area contributed by atoms with E-state index in [9.17, 15) is 14.4 Å². The number of likely N-dealkylation sites (N-methyl/N-ethyl adjacent to an activating group) is 1. The number of anilines is 2. The summed E-state index contributed by atoms with van der Waals surface area (Å²) < 4.78 is 0.894. The fraction of sp³-hybridized carbons (Fsp3) is 0.318. The quantitative estimate of drug-likeness (QED) is 0.721. The first kappa shape index (κ1) is 20.6. The lowest BCUT2D eigenvalue weighted by Crippen LogP contribution is -2.45. The van der Waals surface area contributed by atoms with Gasteiger partial charge in [-0.05, 0) is 61.0 Å². The van der Waals surface area contributed by atoms with Crippen molar-refractivity contribution < 1.29 is 14.4 Å². The van der Waals surface area contributed by atoms with Gasteiger partial charge in [0.25, 0.3) is 0 Å². The molecule has 2 heterocycles. The Bertz CT molecular complexity index is 992. The first-order valence-corrected chi connectivity index (χ1v) is 10.6. The summed E-state index contributed by atoms with van der Waals surface area (Å²) in [5.74, 6) is -0.478. The lowest BCUT2D eigenvalue weighted by atomic mass is 9.99. The molecule has 30 heavy (non-hydrogen) atoms. The molecule has 1 fully saturated rings. The van der Waals surface area contributed by atoms with Gasteiger partial charge in [0.2, 0.25) is 5.91 Å². The number of benzene rings is 2. The number of hydrogen-bond acceptors (Lipinski definition) is 4. The number of carbonyl (C=O) groups excluding carboxylic acids is 3. The minimum absolute atomic E-state index is 0.0231. The van der Waals surface area contributed by atoms with Crippen LogP contribution in [0.1, 0.15) is 17.5 Å². The topological polar surface area (TPSA) is 81.8 Å². The predicted octanol–water partition coefficient (Wildman–Crippen LogP) is 3.25. The normalized spacial score (nSPS) is 18.8. The molecular weight excluding hydrogens is 448 g/mol. The summed E-state index contributed by atoms with van der Waals surface area (Å²) >= 11 is 3.35. The highest BCUT2D eigenvalue weighted by Gasteiger charge is 2.39. The summed E-state index contributed by atoms with van der Waals surface area (Å²) in [6, 6.07) is 11.7. The highest BCUT2D eigenvalue weighted by atomic mass is 79.9. The van der Waals surface area contributed by atoms with Gasteiger partial charge in [0, 0.05) is 35.4 Å². The van der Waals surface area contributed by atoms with Crippen LogP contribution in [0.3, 0.4) is 0 Å². The summed E-state index contributed by atoms with van der Waals surface area (Å²) in [5.41, 5.74) is 3.77. The van der Waals surface area contributed by atoms with Crippen molar-refractivity contribution in [1.82, 2.24) is 9.80 Å². The molecule has 0 bridgehead atoms. The van der Waals surface area contributed by atoms with Crippen LogP contribution in [-0.2, 0) is 22.6 Å². The van der Waals surface area contributed by atoms with E-state index in [-0.39, 0.29) is 24.7 Å². The van der Waals surface area contributed by atoms with Crippen molar-refractivity contribution in [2.75, 3.05) is 30.8 Å². The number of urea groups is 1. The van der Waals surface area contributed by atoms with Crippen molar-refractivity contribution in [1.29, 1.82) is 0 Å². The van der Waals surface area contributed by atoms with Crippen LogP contribution in [0.5, 0.6) is 0 Å². The Morgan fingerprint density at radius 2 is 1.73 bits per heavy atom. The third-order valence-corrected chi connectivity index (χ3v) is 6.01. The molecule has 0 unspecified atom stereocenters. The largest absolute Gasteiger partial charge is 0.324 e. The van der Waals surface area contributed by atoms with Crippen LogP contribution in [-0.4, -0.2) is 53.7 Å². The second-order valence-electron chi connectivity index (χ2n) is 7.78. The number of likely N-dealkylation sites (tertiary alicyclic amines) is 1. The van der Waals surface area contributed by atoms with Gasteiger partial charge in [0.15, 0.2) is 5.78 Å². The van der Waals surface area contributed by atoms with Gasteiger partial charge in [-0.1, -0.05) is 22.0 Å². The summed E-state index contributed by atoms with van der Waals surface area (Å²) in [6.45, 7) is 1.80.